The number of imidazole rings is 1. The maximum absolute atomic E-state index is 5.78. The molecule has 4 heteroatoms. The summed E-state index contributed by atoms with van der Waals surface area (Å²) in [6, 6.07) is 6.49. The Morgan fingerprint density at radius 3 is 3.17 bits per heavy atom. The van der Waals surface area contributed by atoms with Gasteiger partial charge in [-0.15, -0.1) is 0 Å². The Labute approximate surface area is 107 Å². The Balaban J connectivity index is 1.81. The van der Waals surface area contributed by atoms with Crippen molar-refractivity contribution in [2.45, 2.75) is 38.8 Å². The SMILES string of the molecule is CC1CCCCN1Cc1nc2ccc(N)cc2[nH]1. The number of benzene rings is 1. The fourth-order valence-electron chi connectivity index (χ4n) is 2.74. The van der Waals surface area contributed by atoms with E-state index in [1.165, 1.54) is 25.8 Å². The predicted molar refractivity (Wildman–Crippen MR) is 74.2 cm³/mol. The van der Waals surface area contributed by atoms with E-state index in [2.05, 4.69) is 21.8 Å². The van der Waals surface area contributed by atoms with Gasteiger partial charge in [-0.25, -0.2) is 4.98 Å². The summed E-state index contributed by atoms with van der Waals surface area (Å²) < 4.78 is 0. The van der Waals surface area contributed by atoms with Crippen LogP contribution in [0.4, 0.5) is 5.69 Å². The molecule has 0 spiro atoms. The number of nitrogens with two attached hydrogens (primary N) is 1. The molecular formula is C14H20N4. The second kappa shape index (κ2) is 4.61. The number of aromatic amines is 1. The molecule has 0 bridgehead atoms. The number of piperidine rings is 1. The third kappa shape index (κ3) is 2.20. The van der Waals surface area contributed by atoms with E-state index in [0.29, 0.717) is 6.04 Å². The summed E-state index contributed by atoms with van der Waals surface area (Å²) in [7, 11) is 0. The first-order valence-electron chi connectivity index (χ1n) is 6.70. The van der Waals surface area contributed by atoms with Gasteiger partial charge in [0.15, 0.2) is 0 Å². The van der Waals surface area contributed by atoms with Crippen molar-refractivity contribution in [2.24, 2.45) is 0 Å². The molecule has 1 aromatic heterocycles. The molecule has 3 N–H and O–H groups in total. The molecule has 1 fully saturated rings. The van der Waals surface area contributed by atoms with E-state index in [9.17, 15) is 0 Å². The highest BCUT2D eigenvalue weighted by Crippen LogP contribution is 2.20. The monoisotopic (exact) mass is 244 g/mol. The number of hydrogen-bond acceptors (Lipinski definition) is 3. The van der Waals surface area contributed by atoms with Gasteiger partial charge in [-0.05, 0) is 44.5 Å². The van der Waals surface area contributed by atoms with Crippen LogP contribution in [-0.4, -0.2) is 27.5 Å². The smallest absolute Gasteiger partial charge is 0.121 e. The molecule has 1 aliphatic rings. The van der Waals surface area contributed by atoms with E-state index < -0.39 is 0 Å². The van der Waals surface area contributed by atoms with Crippen LogP contribution >= 0.6 is 0 Å². The summed E-state index contributed by atoms with van der Waals surface area (Å²) in [5.41, 5.74) is 8.60. The molecule has 96 valence electrons. The summed E-state index contributed by atoms with van der Waals surface area (Å²) in [5, 5.41) is 0. The summed E-state index contributed by atoms with van der Waals surface area (Å²) >= 11 is 0. The summed E-state index contributed by atoms with van der Waals surface area (Å²) in [6.07, 6.45) is 3.96. The van der Waals surface area contributed by atoms with Crippen molar-refractivity contribution in [3.63, 3.8) is 0 Å². The van der Waals surface area contributed by atoms with E-state index in [0.717, 1.165) is 29.1 Å². The van der Waals surface area contributed by atoms with Crippen molar-refractivity contribution in [1.82, 2.24) is 14.9 Å². The Kier molecular flexibility index (Phi) is 2.96. The zero-order valence-corrected chi connectivity index (χ0v) is 10.8. The van der Waals surface area contributed by atoms with Crippen LogP contribution in [0.15, 0.2) is 18.2 Å². The number of likely N-dealkylation sites (tertiary alicyclic amines) is 1. The summed E-state index contributed by atoms with van der Waals surface area (Å²) in [4.78, 5) is 10.5. The first-order valence-corrected chi connectivity index (χ1v) is 6.70. The molecule has 2 aromatic rings. The van der Waals surface area contributed by atoms with Crippen LogP contribution in [0.1, 0.15) is 32.0 Å². The molecule has 4 nitrogen and oxygen atoms in total. The Hall–Kier alpha value is -1.55. The molecule has 1 atom stereocenters. The number of nitrogens with one attached hydrogen (secondary N) is 1. The highest BCUT2D eigenvalue weighted by atomic mass is 15.2. The average Bonchev–Trinajstić information content (AvgIpc) is 2.73. The van der Waals surface area contributed by atoms with Crippen molar-refractivity contribution >= 4 is 16.7 Å². The standard InChI is InChI=1S/C14H20N4/c1-10-4-2-3-7-18(10)9-14-16-12-6-5-11(15)8-13(12)17-14/h5-6,8,10H,2-4,7,9,15H2,1H3,(H,16,17). The van der Waals surface area contributed by atoms with Gasteiger partial charge in [0.05, 0.1) is 17.6 Å². The minimum absolute atomic E-state index is 0.664. The average molecular weight is 244 g/mol. The fourth-order valence-corrected chi connectivity index (χ4v) is 2.74. The zero-order chi connectivity index (χ0) is 12.5. The van der Waals surface area contributed by atoms with Crippen LogP contribution in [0.2, 0.25) is 0 Å². The van der Waals surface area contributed by atoms with Crippen LogP contribution in [0.5, 0.6) is 0 Å². The lowest BCUT2D eigenvalue weighted by atomic mass is 10.0. The Bertz CT molecular complexity index is 546. The van der Waals surface area contributed by atoms with Gasteiger partial charge in [0.25, 0.3) is 0 Å². The second-order valence-electron chi connectivity index (χ2n) is 5.28. The first-order chi connectivity index (χ1) is 8.72. The molecule has 0 radical (unpaired) electrons. The number of nitrogen functional groups attached to an aromatic ring is 1. The van der Waals surface area contributed by atoms with Crippen LogP contribution < -0.4 is 5.73 Å². The van der Waals surface area contributed by atoms with Crippen molar-refractivity contribution in [1.29, 1.82) is 0 Å². The Morgan fingerprint density at radius 1 is 1.44 bits per heavy atom. The molecule has 1 aromatic carbocycles. The minimum atomic E-state index is 0.664. The maximum atomic E-state index is 5.78. The molecular weight excluding hydrogens is 224 g/mol. The van der Waals surface area contributed by atoms with Gasteiger partial charge in [0.2, 0.25) is 0 Å². The van der Waals surface area contributed by atoms with Crippen molar-refractivity contribution in [2.75, 3.05) is 12.3 Å². The zero-order valence-electron chi connectivity index (χ0n) is 10.8. The van der Waals surface area contributed by atoms with Gasteiger partial charge in [0, 0.05) is 11.7 Å². The van der Waals surface area contributed by atoms with E-state index in [1.54, 1.807) is 0 Å². The molecule has 3 rings (SSSR count). The van der Waals surface area contributed by atoms with Crippen molar-refractivity contribution in [3.05, 3.63) is 24.0 Å². The third-order valence-corrected chi connectivity index (χ3v) is 3.85. The van der Waals surface area contributed by atoms with Gasteiger partial charge in [-0.2, -0.15) is 0 Å². The van der Waals surface area contributed by atoms with Gasteiger partial charge >= 0.3 is 0 Å². The number of hydrogen-bond donors (Lipinski definition) is 2. The largest absolute Gasteiger partial charge is 0.399 e. The number of fused-ring (bicyclic) bond motifs is 1. The van der Waals surface area contributed by atoms with E-state index in [1.807, 2.05) is 18.2 Å². The van der Waals surface area contributed by atoms with Crippen LogP contribution in [0, 0.1) is 0 Å². The number of anilines is 1. The van der Waals surface area contributed by atoms with Crippen molar-refractivity contribution in [3.8, 4) is 0 Å². The Morgan fingerprint density at radius 2 is 2.33 bits per heavy atom. The van der Waals surface area contributed by atoms with E-state index in [4.69, 9.17) is 5.73 Å². The fraction of sp³-hybridized carbons (Fsp3) is 0.500. The molecule has 0 saturated carbocycles. The molecule has 0 amide bonds. The molecule has 18 heavy (non-hydrogen) atoms. The second-order valence-corrected chi connectivity index (χ2v) is 5.28. The van der Waals surface area contributed by atoms with Crippen LogP contribution in [-0.2, 0) is 6.54 Å². The van der Waals surface area contributed by atoms with Gasteiger partial charge in [-0.3, -0.25) is 4.90 Å². The molecule has 1 saturated heterocycles. The van der Waals surface area contributed by atoms with Crippen LogP contribution in [0.25, 0.3) is 11.0 Å². The predicted octanol–water partition coefficient (Wildman–Crippen LogP) is 2.52. The summed E-state index contributed by atoms with van der Waals surface area (Å²) in [5.74, 6) is 1.05. The lowest BCUT2D eigenvalue weighted by molar-refractivity contribution is 0.149. The summed E-state index contributed by atoms with van der Waals surface area (Å²) in [6.45, 7) is 4.40. The molecule has 0 aliphatic carbocycles. The van der Waals surface area contributed by atoms with Crippen molar-refractivity contribution < 1.29 is 0 Å². The number of aromatic nitrogens is 2. The van der Waals surface area contributed by atoms with Gasteiger partial charge in [-0.1, -0.05) is 6.42 Å². The molecule has 2 heterocycles. The molecule has 1 aliphatic heterocycles. The quantitative estimate of drug-likeness (QED) is 0.798. The number of nitrogens with zero attached hydrogens (tertiary/aromatic N) is 2. The van der Waals surface area contributed by atoms with Gasteiger partial charge in [0.1, 0.15) is 5.82 Å². The maximum Gasteiger partial charge on any atom is 0.121 e. The minimum Gasteiger partial charge on any atom is -0.399 e. The van der Waals surface area contributed by atoms with E-state index >= 15 is 0 Å². The highest BCUT2D eigenvalue weighted by Gasteiger charge is 2.19. The van der Waals surface area contributed by atoms with Gasteiger partial charge < -0.3 is 10.7 Å². The highest BCUT2D eigenvalue weighted by molar-refractivity contribution is 5.78. The lowest BCUT2D eigenvalue weighted by Crippen LogP contribution is -2.37. The van der Waals surface area contributed by atoms with Crippen LogP contribution in [0.3, 0.4) is 0 Å². The normalized spacial score (nSPS) is 21.5. The topological polar surface area (TPSA) is 57.9 Å². The number of H-pyrrole nitrogens is 1. The third-order valence-electron chi connectivity index (χ3n) is 3.85. The first kappa shape index (κ1) is 11.5. The number of rotatable bonds is 2. The van der Waals surface area contributed by atoms with E-state index in [-0.39, 0.29) is 0 Å². The lowest BCUT2D eigenvalue weighted by Gasteiger charge is -2.32. The molecule has 1 unspecified atom stereocenters.